The molecule has 1 saturated heterocycles. The number of carbonyl (C=O) groups is 1. The fraction of sp³-hybridized carbons (Fsp3) is 0.500. The molecule has 0 bridgehead atoms. The first-order valence-electron chi connectivity index (χ1n) is 9.42. The number of rotatable bonds is 4. The normalized spacial score (nSPS) is 15.3. The quantitative estimate of drug-likeness (QED) is 0.845. The molecule has 0 saturated carbocycles. The lowest BCUT2D eigenvalue weighted by Gasteiger charge is -2.33. The molecule has 2 heterocycles. The van der Waals surface area contributed by atoms with Crippen molar-refractivity contribution in [1.82, 2.24) is 20.7 Å². The molecule has 0 spiro atoms. The summed E-state index contributed by atoms with van der Waals surface area (Å²) in [6, 6.07) is 6.29. The maximum absolute atomic E-state index is 13.3. The van der Waals surface area contributed by atoms with Crippen molar-refractivity contribution in [3.05, 3.63) is 41.0 Å². The van der Waals surface area contributed by atoms with Crippen molar-refractivity contribution in [3.63, 3.8) is 0 Å². The van der Waals surface area contributed by atoms with E-state index in [-0.39, 0.29) is 17.2 Å². The molecule has 1 fully saturated rings. The van der Waals surface area contributed by atoms with Crippen molar-refractivity contribution in [2.45, 2.75) is 45.6 Å². The van der Waals surface area contributed by atoms with Crippen LogP contribution in [0.2, 0.25) is 0 Å². The lowest BCUT2D eigenvalue weighted by Crippen LogP contribution is -2.40. The summed E-state index contributed by atoms with van der Waals surface area (Å²) in [5, 5.41) is 23.2. The molecular weight excluding hydrogens is 359 g/mol. The number of nitrogens with one attached hydrogen (secondary N) is 2. The fourth-order valence-corrected chi connectivity index (χ4v) is 3.55. The Bertz CT molecular complexity index is 887. The van der Waals surface area contributed by atoms with Gasteiger partial charge in [0.2, 0.25) is 5.91 Å². The molecule has 2 N–H and O–H groups in total. The Morgan fingerprint density at radius 1 is 1.36 bits per heavy atom. The molecule has 28 heavy (non-hydrogen) atoms. The topological polar surface area (TPSA) is 97.7 Å². The highest BCUT2D eigenvalue weighted by Gasteiger charge is 2.27. The van der Waals surface area contributed by atoms with Gasteiger partial charge in [-0.25, -0.2) is 4.39 Å². The lowest BCUT2D eigenvalue weighted by atomic mass is 9.90. The van der Waals surface area contributed by atoms with E-state index in [9.17, 15) is 14.4 Å². The van der Waals surface area contributed by atoms with Gasteiger partial charge in [0.05, 0.1) is 23.5 Å². The smallest absolute Gasteiger partial charge is 0.223 e. The van der Waals surface area contributed by atoms with Gasteiger partial charge in [0, 0.05) is 24.4 Å². The Kier molecular flexibility index (Phi) is 5.63. The molecule has 0 atom stereocenters. The van der Waals surface area contributed by atoms with Crippen molar-refractivity contribution >= 4 is 11.6 Å². The molecule has 3 rings (SSSR count). The first-order valence-corrected chi connectivity index (χ1v) is 9.42. The van der Waals surface area contributed by atoms with Gasteiger partial charge in [0.1, 0.15) is 17.6 Å². The van der Waals surface area contributed by atoms with Gasteiger partial charge in [-0.1, -0.05) is 20.8 Å². The Morgan fingerprint density at radius 3 is 2.71 bits per heavy atom. The van der Waals surface area contributed by atoms with Crippen LogP contribution in [0, 0.1) is 23.1 Å². The number of halogens is 1. The third kappa shape index (κ3) is 4.30. The van der Waals surface area contributed by atoms with Crippen LogP contribution < -0.4 is 10.2 Å². The SMILES string of the molecule is CC(C)(C)c1n[nH]nc1CNC(=O)C1CCN(c2ccc(F)cc2C#N)CC1. The predicted molar refractivity (Wildman–Crippen MR) is 103 cm³/mol. The summed E-state index contributed by atoms with van der Waals surface area (Å²) in [6.07, 6.45) is 1.36. The van der Waals surface area contributed by atoms with Crippen molar-refractivity contribution in [2.24, 2.45) is 5.92 Å². The molecule has 0 unspecified atom stereocenters. The average molecular weight is 384 g/mol. The average Bonchev–Trinajstić information content (AvgIpc) is 3.15. The molecule has 0 radical (unpaired) electrons. The van der Waals surface area contributed by atoms with Crippen molar-refractivity contribution < 1.29 is 9.18 Å². The fourth-order valence-electron chi connectivity index (χ4n) is 3.55. The molecule has 0 aliphatic carbocycles. The van der Waals surface area contributed by atoms with Gasteiger partial charge in [-0.05, 0) is 31.0 Å². The molecule has 1 aromatic heterocycles. The van der Waals surface area contributed by atoms with Crippen molar-refractivity contribution in [2.75, 3.05) is 18.0 Å². The maximum atomic E-state index is 13.3. The number of piperidine rings is 1. The van der Waals surface area contributed by atoms with Crippen LogP contribution in [0.15, 0.2) is 18.2 Å². The van der Waals surface area contributed by atoms with E-state index >= 15 is 0 Å². The van der Waals surface area contributed by atoms with E-state index in [0.717, 1.165) is 17.1 Å². The molecule has 7 nitrogen and oxygen atoms in total. The number of carbonyl (C=O) groups excluding carboxylic acids is 1. The summed E-state index contributed by atoms with van der Waals surface area (Å²) < 4.78 is 13.3. The van der Waals surface area contributed by atoms with E-state index in [1.807, 2.05) is 11.0 Å². The van der Waals surface area contributed by atoms with E-state index in [2.05, 4.69) is 41.5 Å². The standard InChI is InChI=1S/C20H25FN6O/c1-20(2,3)18-16(24-26-25-18)12-23-19(28)13-6-8-27(9-7-13)17-5-4-15(21)10-14(17)11-22/h4-5,10,13H,6-9,12H2,1-3H3,(H,23,28)(H,24,25,26). The van der Waals surface area contributed by atoms with Crippen LogP contribution in [0.1, 0.15) is 50.6 Å². The van der Waals surface area contributed by atoms with Crippen LogP contribution in [0.4, 0.5) is 10.1 Å². The first-order chi connectivity index (χ1) is 13.3. The second kappa shape index (κ2) is 7.97. The third-order valence-corrected chi connectivity index (χ3v) is 5.05. The summed E-state index contributed by atoms with van der Waals surface area (Å²) in [5.41, 5.74) is 2.50. The van der Waals surface area contributed by atoms with E-state index in [1.54, 1.807) is 6.07 Å². The molecule has 1 aromatic carbocycles. The first kappa shape index (κ1) is 19.8. The van der Waals surface area contributed by atoms with Gasteiger partial charge in [-0.2, -0.15) is 20.7 Å². The number of nitrogens with zero attached hydrogens (tertiary/aromatic N) is 4. The minimum Gasteiger partial charge on any atom is -0.370 e. The highest BCUT2D eigenvalue weighted by molar-refractivity contribution is 5.79. The summed E-state index contributed by atoms with van der Waals surface area (Å²) in [7, 11) is 0. The van der Waals surface area contributed by atoms with E-state index in [4.69, 9.17) is 0 Å². The Labute approximate surface area is 163 Å². The van der Waals surface area contributed by atoms with Crippen molar-refractivity contribution in [1.29, 1.82) is 5.26 Å². The van der Waals surface area contributed by atoms with Crippen LogP contribution >= 0.6 is 0 Å². The molecule has 1 aliphatic heterocycles. The highest BCUT2D eigenvalue weighted by Crippen LogP contribution is 2.27. The number of aromatic nitrogens is 3. The zero-order chi connectivity index (χ0) is 20.3. The largest absolute Gasteiger partial charge is 0.370 e. The minimum absolute atomic E-state index is 0.00196. The van der Waals surface area contributed by atoms with Crippen LogP contribution in [0.25, 0.3) is 0 Å². The van der Waals surface area contributed by atoms with Crippen LogP contribution in [0.3, 0.4) is 0 Å². The van der Waals surface area contributed by atoms with Gasteiger partial charge in [-0.3, -0.25) is 4.79 Å². The van der Waals surface area contributed by atoms with E-state index < -0.39 is 5.82 Å². The van der Waals surface area contributed by atoms with Crippen LogP contribution in [0.5, 0.6) is 0 Å². The molecule has 1 aliphatic rings. The summed E-state index contributed by atoms with van der Waals surface area (Å²) in [6.45, 7) is 7.80. The number of anilines is 1. The number of nitriles is 1. The third-order valence-electron chi connectivity index (χ3n) is 5.05. The molecule has 1 amide bonds. The number of aromatic amines is 1. The molecule has 8 heteroatoms. The summed E-state index contributed by atoms with van der Waals surface area (Å²) in [5.74, 6) is -0.508. The summed E-state index contributed by atoms with van der Waals surface area (Å²) in [4.78, 5) is 14.6. The zero-order valence-corrected chi connectivity index (χ0v) is 16.4. The zero-order valence-electron chi connectivity index (χ0n) is 16.4. The van der Waals surface area contributed by atoms with Gasteiger partial charge < -0.3 is 10.2 Å². The highest BCUT2D eigenvalue weighted by atomic mass is 19.1. The van der Waals surface area contributed by atoms with Crippen molar-refractivity contribution in [3.8, 4) is 6.07 Å². The number of hydrogen-bond acceptors (Lipinski definition) is 5. The Balaban J connectivity index is 1.56. The second-order valence-electron chi connectivity index (χ2n) is 8.12. The number of benzene rings is 1. The molecule has 148 valence electrons. The van der Waals surface area contributed by atoms with Gasteiger partial charge in [-0.15, -0.1) is 0 Å². The predicted octanol–water partition coefficient (Wildman–Crippen LogP) is 2.65. The van der Waals surface area contributed by atoms with Crippen LogP contribution in [-0.4, -0.2) is 34.4 Å². The summed E-state index contributed by atoms with van der Waals surface area (Å²) >= 11 is 0. The Hall–Kier alpha value is -2.95. The van der Waals surface area contributed by atoms with Crippen LogP contribution in [-0.2, 0) is 16.8 Å². The monoisotopic (exact) mass is 384 g/mol. The van der Waals surface area contributed by atoms with E-state index in [0.29, 0.717) is 38.0 Å². The van der Waals surface area contributed by atoms with E-state index in [1.165, 1.54) is 12.1 Å². The number of H-pyrrole nitrogens is 1. The number of amides is 1. The molecular formula is C20H25FN6O. The van der Waals surface area contributed by atoms with Gasteiger partial charge >= 0.3 is 0 Å². The Morgan fingerprint density at radius 2 is 2.07 bits per heavy atom. The van der Waals surface area contributed by atoms with Gasteiger partial charge in [0.15, 0.2) is 0 Å². The van der Waals surface area contributed by atoms with Gasteiger partial charge in [0.25, 0.3) is 0 Å². The minimum atomic E-state index is -0.419. The maximum Gasteiger partial charge on any atom is 0.223 e. The molecule has 2 aromatic rings. The second-order valence-corrected chi connectivity index (χ2v) is 8.12. The lowest BCUT2D eigenvalue weighted by molar-refractivity contribution is -0.125. The number of hydrogen-bond donors (Lipinski definition) is 2.